The highest BCUT2D eigenvalue weighted by Crippen LogP contribution is 2.32. The van der Waals surface area contributed by atoms with Gasteiger partial charge in [-0.15, -0.1) is 11.3 Å². The van der Waals surface area contributed by atoms with Gasteiger partial charge < -0.3 is 10.2 Å². The van der Waals surface area contributed by atoms with E-state index in [1.165, 1.54) is 24.3 Å². The first-order chi connectivity index (χ1) is 12.7. The van der Waals surface area contributed by atoms with Crippen LogP contribution in [0.4, 0.5) is 0 Å². The van der Waals surface area contributed by atoms with Gasteiger partial charge in [-0.2, -0.15) is 0 Å². The molecule has 1 aromatic heterocycles. The molecule has 0 unspecified atom stereocenters. The number of rotatable bonds is 6. The Bertz CT molecular complexity index is 602. The van der Waals surface area contributed by atoms with E-state index in [-0.39, 0.29) is 11.8 Å². The molecule has 26 heavy (non-hydrogen) atoms. The molecule has 1 saturated carbocycles. The number of piperidine rings is 1. The van der Waals surface area contributed by atoms with Crippen molar-refractivity contribution in [3.8, 4) is 0 Å². The molecule has 5 nitrogen and oxygen atoms in total. The van der Waals surface area contributed by atoms with Gasteiger partial charge in [0.05, 0.1) is 10.7 Å². The van der Waals surface area contributed by atoms with Crippen molar-refractivity contribution in [2.45, 2.75) is 70.6 Å². The molecule has 0 radical (unpaired) electrons. The van der Waals surface area contributed by atoms with Crippen LogP contribution in [0.15, 0.2) is 5.38 Å². The van der Waals surface area contributed by atoms with Crippen LogP contribution in [0.25, 0.3) is 0 Å². The number of thiazole rings is 1. The Balaban J connectivity index is 1.44. The lowest BCUT2D eigenvalue weighted by Crippen LogP contribution is -2.41. The normalized spacial score (nSPS) is 19.5. The minimum absolute atomic E-state index is 0.0930. The van der Waals surface area contributed by atoms with Crippen LogP contribution in [-0.4, -0.2) is 41.3 Å². The zero-order valence-corrected chi connectivity index (χ0v) is 16.7. The van der Waals surface area contributed by atoms with Gasteiger partial charge in [-0.3, -0.25) is 9.59 Å². The summed E-state index contributed by atoms with van der Waals surface area (Å²) >= 11 is 1.73. The third-order valence-electron chi connectivity index (χ3n) is 5.70. The number of amides is 2. The first-order valence-electron chi connectivity index (χ1n) is 10.2. The minimum atomic E-state index is 0.0930. The monoisotopic (exact) mass is 377 g/mol. The van der Waals surface area contributed by atoms with Crippen molar-refractivity contribution in [3.05, 3.63) is 16.1 Å². The molecule has 1 aliphatic carbocycles. The van der Waals surface area contributed by atoms with Crippen LogP contribution in [0.1, 0.15) is 74.9 Å². The summed E-state index contributed by atoms with van der Waals surface area (Å²) in [5.41, 5.74) is 1.07. The Kier molecular flexibility index (Phi) is 7.06. The van der Waals surface area contributed by atoms with E-state index < -0.39 is 0 Å². The Hall–Kier alpha value is -1.43. The van der Waals surface area contributed by atoms with Crippen LogP contribution in [0.2, 0.25) is 0 Å². The van der Waals surface area contributed by atoms with Crippen molar-refractivity contribution in [1.82, 2.24) is 15.2 Å². The summed E-state index contributed by atoms with van der Waals surface area (Å²) in [6.45, 7) is 4.27. The lowest BCUT2D eigenvalue weighted by molar-refractivity contribution is -0.137. The maximum Gasteiger partial charge on any atom is 0.225 e. The maximum absolute atomic E-state index is 12.7. The average molecular weight is 378 g/mol. The van der Waals surface area contributed by atoms with E-state index in [0.717, 1.165) is 50.9 Å². The molecule has 1 aromatic rings. The van der Waals surface area contributed by atoms with E-state index in [1.54, 1.807) is 11.3 Å². The zero-order valence-electron chi connectivity index (χ0n) is 15.8. The van der Waals surface area contributed by atoms with E-state index in [9.17, 15) is 9.59 Å². The van der Waals surface area contributed by atoms with Crippen molar-refractivity contribution in [3.63, 3.8) is 0 Å². The number of carbonyl (C=O) groups is 2. The quantitative estimate of drug-likeness (QED) is 0.825. The molecule has 3 rings (SSSR count). The van der Waals surface area contributed by atoms with Crippen LogP contribution in [0.5, 0.6) is 0 Å². The topological polar surface area (TPSA) is 62.3 Å². The molecule has 6 heteroatoms. The predicted octanol–water partition coefficient (Wildman–Crippen LogP) is 3.50. The van der Waals surface area contributed by atoms with Gasteiger partial charge in [0.2, 0.25) is 11.8 Å². The number of aromatic nitrogens is 1. The van der Waals surface area contributed by atoms with Crippen LogP contribution >= 0.6 is 11.3 Å². The third-order valence-corrected chi connectivity index (χ3v) is 6.76. The van der Waals surface area contributed by atoms with Crippen molar-refractivity contribution >= 4 is 23.2 Å². The van der Waals surface area contributed by atoms with E-state index >= 15 is 0 Å². The fourth-order valence-electron chi connectivity index (χ4n) is 4.03. The van der Waals surface area contributed by atoms with Gasteiger partial charge in [-0.25, -0.2) is 4.98 Å². The summed E-state index contributed by atoms with van der Waals surface area (Å²) in [5, 5.41) is 6.22. The van der Waals surface area contributed by atoms with Crippen LogP contribution in [0, 0.1) is 5.92 Å². The molecule has 1 saturated heterocycles. The van der Waals surface area contributed by atoms with Gasteiger partial charge in [-0.1, -0.05) is 26.2 Å². The Labute approximate surface area is 160 Å². The third kappa shape index (κ3) is 5.06. The summed E-state index contributed by atoms with van der Waals surface area (Å²) in [7, 11) is 0. The smallest absolute Gasteiger partial charge is 0.225 e. The summed E-state index contributed by atoms with van der Waals surface area (Å²) in [5.74, 6) is 1.25. The van der Waals surface area contributed by atoms with E-state index in [4.69, 9.17) is 4.98 Å². The van der Waals surface area contributed by atoms with Crippen molar-refractivity contribution in [2.75, 3.05) is 19.6 Å². The minimum Gasteiger partial charge on any atom is -0.356 e. The molecule has 0 bridgehead atoms. The highest BCUT2D eigenvalue weighted by molar-refractivity contribution is 7.09. The highest BCUT2D eigenvalue weighted by atomic mass is 32.1. The number of nitrogens with one attached hydrogen (secondary N) is 1. The van der Waals surface area contributed by atoms with Gasteiger partial charge >= 0.3 is 0 Å². The number of hydrogen-bond acceptors (Lipinski definition) is 4. The molecule has 0 spiro atoms. The maximum atomic E-state index is 12.7. The van der Waals surface area contributed by atoms with Crippen LogP contribution in [0.3, 0.4) is 0 Å². The molecule has 0 atom stereocenters. The second-order valence-corrected chi connectivity index (χ2v) is 8.45. The number of likely N-dealkylation sites (tertiary alicyclic amines) is 1. The molecular formula is C20H31N3O2S. The predicted molar refractivity (Wildman–Crippen MR) is 104 cm³/mol. The lowest BCUT2D eigenvalue weighted by atomic mass is 9.87. The average Bonchev–Trinajstić information content (AvgIpc) is 3.17. The second-order valence-electron chi connectivity index (χ2n) is 7.57. The fourth-order valence-corrected chi connectivity index (χ4v) is 5.06. The SMILES string of the molecule is CCC(=O)NCCc1csc(C2CCN(C(=O)C3CCCCC3)CC2)n1. The standard InChI is InChI=1S/C20H31N3O2S/c1-2-18(24)21-11-8-17-14-26-19(22-17)15-9-12-23(13-10-15)20(25)16-6-4-3-5-7-16/h14-16H,2-13H2,1H3,(H,21,24). The Morgan fingerprint density at radius 1 is 1.19 bits per heavy atom. The molecule has 1 aliphatic heterocycles. The van der Waals surface area contributed by atoms with Crippen LogP contribution in [-0.2, 0) is 16.0 Å². The summed E-state index contributed by atoms with van der Waals surface area (Å²) in [6.07, 6.45) is 9.27. The first-order valence-corrected chi connectivity index (χ1v) is 11.0. The summed E-state index contributed by atoms with van der Waals surface area (Å²) in [4.78, 5) is 30.8. The van der Waals surface area contributed by atoms with Gasteiger partial charge in [-0.05, 0) is 25.7 Å². The molecule has 0 aromatic carbocycles. The molecule has 2 fully saturated rings. The van der Waals surface area contributed by atoms with Crippen molar-refractivity contribution in [1.29, 1.82) is 0 Å². The van der Waals surface area contributed by atoms with Crippen molar-refractivity contribution in [2.24, 2.45) is 5.92 Å². The van der Waals surface area contributed by atoms with Gasteiger partial charge in [0.1, 0.15) is 0 Å². The van der Waals surface area contributed by atoms with Crippen LogP contribution < -0.4 is 5.32 Å². The molecule has 2 heterocycles. The first kappa shape index (κ1) is 19.3. The molecule has 1 N–H and O–H groups in total. The highest BCUT2D eigenvalue weighted by Gasteiger charge is 2.30. The van der Waals surface area contributed by atoms with Gasteiger partial charge in [0.15, 0.2) is 0 Å². The zero-order chi connectivity index (χ0) is 18.4. The van der Waals surface area contributed by atoms with Crippen molar-refractivity contribution < 1.29 is 9.59 Å². The van der Waals surface area contributed by atoms with E-state index in [0.29, 0.717) is 24.8 Å². The number of nitrogens with zero attached hydrogens (tertiary/aromatic N) is 2. The Morgan fingerprint density at radius 2 is 1.92 bits per heavy atom. The lowest BCUT2D eigenvalue weighted by Gasteiger charge is -2.34. The Morgan fingerprint density at radius 3 is 2.62 bits per heavy atom. The molecular weight excluding hydrogens is 346 g/mol. The van der Waals surface area contributed by atoms with E-state index in [2.05, 4.69) is 15.6 Å². The van der Waals surface area contributed by atoms with Gasteiger partial charge in [0.25, 0.3) is 0 Å². The summed E-state index contributed by atoms with van der Waals surface area (Å²) in [6, 6.07) is 0. The summed E-state index contributed by atoms with van der Waals surface area (Å²) < 4.78 is 0. The molecule has 2 amide bonds. The molecule has 144 valence electrons. The number of carbonyl (C=O) groups excluding carboxylic acids is 2. The fraction of sp³-hybridized carbons (Fsp3) is 0.750. The number of hydrogen-bond donors (Lipinski definition) is 1. The molecule has 2 aliphatic rings. The van der Waals surface area contributed by atoms with E-state index in [1.807, 2.05) is 6.92 Å². The largest absolute Gasteiger partial charge is 0.356 e. The van der Waals surface area contributed by atoms with Gasteiger partial charge in [0, 0.05) is 49.7 Å². The second kappa shape index (κ2) is 9.49.